The molecule has 5 nitrogen and oxygen atoms in total. The fraction of sp³-hybridized carbons (Fsp3) is 0.231. The highest BCUT2D eigenvalue weighted by Crippen LogP contribution is 2.43. The molecule has 0 fully saturated rings. The van der Waals surface area contributed by atoms with Crippen molar-refractivity contribution in [2.45, 2.75) is 32.4 Å². The Balaban J connectivity index is 1.66. The maximum absolute atomic E-state index is 13.4. The molecule has 0 saturated heterocycles. The van der Waals surface area contributed by atoms with Crippen LogP contribution >= 0.6 is 11.6 Å². The van der Waals surface area contributed by atoms with Crippen LogP contribution in [0.1, 0.15) is 40.3 Å². The first kappa shape index (κ1) is 21.9. The van der Waals surface area contributed by atoms with E-state index in [4.69, 9.17) is 21.4 Å². The lowest BCUT2D eigenvalue weighted by molar-refractivity contribution is -0.139. The average Bonchev–Trinajstić information content (AvgIpc) is 3.17. The van der Waals surface area contributed by atoms with Gasteiger partial charge in [0.25, 0.3) is 0 Å². The molecule has 4 rings (SSSR count). The minimum absolute atomic E-state index is 0.0265. The predicted molar refractivity (Wildman–Crippen MR) is 123 cm³/mol. The van der Waals surface area contributed by atoms with Crippen LogP contribution in [-0.4, -0.2) is 28.5 Å². The monoisotopic (exact) mass is 449 g/mol. The summed E-state index contributed by atoms with van der Waals surface area (Å²) in [7, 11) is 0. The summed E-state index contributed by atoms with van der Waals surface area (Å²) in [6, 6.07) is 20.7. The van der Waals surface area contributed by atoms with Gasteiger partial charge in [-0.1, -0.05) is 60.1 Å². The number of hydrogen-bond acceptors (Lipinski definition) is 3. The molecule has 1 heterocycles. The van der Waals surface area contributed by atoms with Gasteiger partial charge in [-0.25, -0.2) is 4.79 Å². The van der Waals surface area contributed by atoms with Gasteiger partial charge in [-0.2, -0.15) is 0 Å². The SMILES string of the molecule is Cc1ccccc1CCC(=O)N1Cc2ccccc2C1c1cc(Cl)ccc1OCC(=O)O. The van der Waals surface area contributed by atoms with Crippen molar-refractivity contribution in [2.24, 2.45) is 0 Å². The second-order valence-corrected chi connectivity index (χ2v) is 8.35. The van der Waals surface area contributed by atoms with Crippen LogP contribution < -0.4 is 4.74 Å². The number of ether oxygens (including phenoxy) is 1. The smallest absolute Gasteiger partial charge is 0.341 e. The minimum Gasteiger partial charge on any atom is -0.482 e. The Morgan fingerprint density at radius 3 is 2.59 bits per heavy atom. The van der Waals surface area contributed by atoms with E-state index in [1.54, 1.807) is 18.2 Å². The number of carboxylic acids is 1. The molecule has 1 unspecified atom stereocenters. The Labute approximate surface area is 192 Å². The number of carbonyl (C=O) groups is 2. The number of benzene rings is 3. The standard InChI is InChI=1S/C26H24ClNO4/c1-17-6-2-3-7-18(17)10-13-24(29)28-15-19-8-4-5-9-21(19)26(28)22-14-20(27)11-12-23(22)32-16-25(30)31/h2-9,11-12,14,26H,10,13,15-16H2,1H3,(H,30,31). The summed E-state index contributed by atoms with van der Waals surface area (Å²) in [6.07, 6.45) is 1.03. The van der Waals surface area contributed by atoms with E-state index in [-0.39, 0.29) is 5.91 Å². The third kappa shape index (κ3) is 4.63. The van der Waals surface area contributed by atoms with Crippen LogP contribution in [0.25, 0.3) is 0 Å². The Hall–Kier alpha value is -3.31. The first-order chi connectivity index (χ1) is 15.4. The summed E-state index contributed by atoms with van der Waals surface area (Å²) in [6.45, 7) is 2.06. The van der Waals surface area contributed by atoms with E-state index in [1.165, 1.54) is 5.56 Å². The molecule has 1 aliphatic heterocycles. The highest BCUT2D eigenvalue weighted by atomic mass is 35.5. The number of carboxylic acid groups (broad SMARTS) is 1. The highest BCUT2D eigenvalue weighted by molar-refractivity contribution is 6.30. The zero-order chi connectivity index (χ0) is 22.7. The normalized spacial score (nSPS) is 14.8. The second-order valence-electron chi connectivity index (χ2n) is 7.91. The maximum atomic E-state index is 13.4. The summed E-state index contributed by atoms with van der Waals surface area (Å²) in [4.78, 5) is 26.3. The molecular weight excluding hydrogens is 426 g/mol. The van der Waals surface area contributed by atoms with E-state index < -0.39 is 18.6 Å². The number of carbonyl (C=O) groups excluding carboxylic acids is 1. The van der Waals surface area contributed by atoms with E-state index in [0.717, 1.165) is 16.7 Å². The number of aliphatic carboxylic acids is 1. The second kappa shape index (κ2) is 9.45. The van der Waals surface area contributed by atoms with Crippen LogP contribution in [-0.2, 0) is 22.6 Å². The molecule has 1 atom stereocenters. The minimum atomic E-state index is -1.07. The molecule has 0 aromatic heterocycles. The summed E-state index contributed by atoms with van der Waals surface area (Å²) in [5.41, 5.74) is 5.07. The predicted octanol–water partition coefficient (Wildman–Crippen LogP) is 5.18. The van der Waals surface area contributed by atoms with Crippen molar-refractivity contribution in [3.05, 3.63) is 99.6 Å². The molecule has 3 aromatic rings. The van der Waals surface area contributed by atoms with Crippen LogP contribution in [0.15, 0.2) is 66.7 Å². The van der Waals surface area contributed by atoms with Crippen molar-refractivity contribution in [3.8, 4) is 5.75 Å². The van der Waals surface area contributed by atoms with E-state index in [0.29, 0.717) is 35.7 Å². The lowest BCUT2D eigenvalue weighted by Gasteiger charge is -2.27. The largest absolute Gasteiger partial charge is 0.482 e. The van der Waals surface area contributed by atoms with Gasteiger partial charge in [-0.3, -0.25) is 4.79 Å². The van der Waals surface area contributed by atoms with Crippen LogP contribution in [0.2, 0.25) is 5.02 Å². The molecule has 0 bridgehead atoms. The van der Waals surface area contributed by atoms with Crippen molar-refractivity contribution in [1.29, 1.82) is 0 Å². The number of aryl methyl sites for hydroxylation is 2. The fourth-order valence-corrected chi connectivity index (χ4v) is 4.42. The van der Waals surface area contributed by atoms with Crippen LogP contribution in [0.4, 0.5) is 0 Å². The van der Waals surface area contributed by atoms with Crippen LogP contribution in [0, 0.1) is 6.92 Å². The van der Waals surface area contributed by atoms with Gasteiger partial charge >= 0.3 is 5.97 Å². The third-order valence-electron chi connectivity index (χ3n) is 5.81. The molecule has 32 heavy (non-hydrogen) atoms. The molecule has 0 saturated carbocycles. The van der Waals surface area contributed by atoms with Crippen LogP contribution in [0.5, 0.6) is 5.75 Å². The molecular formula is C26H24ClNO4. The molecule has 164 valence electrons. The van der Waals surface area contributed by atoms with Crippen molar-refractivity contribution in [3.63, 3.8) is 0 Å². The molecule has 3 aromatic carbocycles. The highest BCUT2D eigenvalue weighted by Gasteiger charge is 2.36. The lowest BCUT2D eigenvalue weighted by atomic mass is 9.96. The maximum Gasteiger partial charge on any atom is 0.341 e. The number of fused-ring (bicyclic) bond motifs is 1. The van der Waals surface area contributed by atoms with Crippen molar-refractivity contribution >= 4 is 23.5 Å². The third-order valence-corrected chi connectivity index (χ3v) is 6.04. The molecule has 0 aliphatic carbocycles. The number of halogens is 1. The molecule has 6 heteroatoms. The van der Waals surface area contributed by atoms with Gasteiger partial charge in [0.1, 0.15) is 5.75 Å². The summed E-state index contributed by atoms with van der Waals surface area (Å²) in [5.74, 6) is -0.627. The van der Waals surface area contributed by atoms with Crippen molar-refractivity contribution in [1.82, 2.24) is 4.90 Å². The number of hydrogen-bond donors (Lipinski definition) is 1. The number of rotatable bonds is 7. The van der Waals surface area contributed by atoms with Gasteiger partial charge in [0.15, 0.2) is 6.61 Å². The van der Waals surface area contributed by atoms with Crippen molar-refractivity contribution < 1.29 is 19.4 Å². The molecule has 1 N–H and O–H groups in total. The van der Waals surface area contributed by atoms with E-state index in [2.05, 4.69) is 0 Å². The summed E-state index contributed by atoms with van der Waals surface area (Å²) >= 11 is 6.30. The summed E-state index contributed by atoms with van der Waals surface area (Å²) < 4.78 is 5.56. The fourth-order valence-electron chi connectivity index (χ4n) is 4.23. The average molecular weight is 450 g/mol. The van der Waals surface area contributed by atoms with E-state index >= 15 is 0 Å². The van der Waals surface area contributed by atoms with Gasteiger partial charge in [0.05, 0.1) is 6.04 Å². The Morgan fingerprint density at radius 2 is 1.81 bits per heavy atom. The molecule has 1 amide bonds. The molecule has 0 radical (unpaired) electrons. The number of nitrogens with zero attached hydrogens (tertiary/aromatic N) is 1. The topological polar surface area (TPSA) is 66.8 Å². The van der Waals surface area contributed by atoms with Gasteiger partial charge in [0, 0.05) is 23.6 Å². The van der Waals surface area contributed by atoms with Crippen LogP contribution in [0.3, 0.4) is 0 Å². The molecule has 0 spiro atoms. The van der Waals surface area contributed by atoms with E-state index in [9.17, 15) is 9.59 Å². The quantitative estimate of drug-likeness (QED) is 0.540. The zero-order valence-electron chi connectivity index (χ0n) is 17.8. The number of amides is 1. The van der Waals surface area contributed by atoms with Crippen molar-refractivity contribution in [2.75, 3.05) is 6.61 Å². The van der Waals surface area contributed by atoms with Gasteiger partial charge in [-0.05, 0) is 53.8 Å². The van der Waals surface area contributed by atoms with E-state index in [1.807, 2.05) is 60.4 Å². The zero-order valence-corrected chi connectivity index (χ0v) is 18.5. The van der Waals surface area contributed by atoms with Gasteiger partial charge < -0.3 is 14.7 Å². The Kier molecular flexibility index (Phi) is 6.47. The van der Waals surface area contributed by atoms with Gasteiger partial charge in [0.2, 0.25) is 5.91 Å². The first-order valence-electron chi connectivity index (χ1n) is 10.5. The Morgan fingerprint density at radius 1 is 1.06 bits per heavy atom. The summed E-state index contributed by atoms with van der Waals surface area (Å²) in [5, 5.41) is 9.57. The Bertz CT molecular complexity index is 1160. The first-order valence-corrected chi connectivity index (χ1v) is 10.9. The van der Waals surface area contributed by atoms with Gasteiger partial charge in [-0.15, -0.1) is 0 Å². The molecule has 1 aliphatic rings. The lowest BCUT2D eigenvalue weighted by Crippen LogP contribution is -2.31.